The molecule has 0 bridgehead atoms. The maximum atomic E-state index is 13.5. The maximum Gasteiger partial charge on any atom is 0.170 e. The number of aromatic nitrogens is 1. The van der Waals surface area contributed by atoms with Crippen LogP contribution in [0.3, 0.4) is 0 Å². The summed E-state index contributed by atoms with van der Waals surface area (Å²) in [6.45, 7) is 4.13. The highest BCUT2D eigenvalue weighted by Crippen LogP contribution is 2.38. The third-order valence-corrected chi connectivity index (χ3v) is 6.68. The van der Waals surface area contributed by atoms with Gasteiger partial charge in [-0.25, -0.2) is 4.39 Å². The van der Waals surface area contributed by atoms with Gasteiger partial charge in [0.2, 0.25) is 0 Å². The SMILES string of the molecule is OCCCN1CCc2ccccc2C1N1CCC(c2noc3cc(F)ccc23)CC1. The van der Waals surface area contributed by atoms with Crippen LogP contribution in [-0.4, -0.2) is 52.8 Å². The number of hydrogen-bond donors (Lipinski definition) is 1. The molecule has 0 spiro atoms. The van der Waals surface area contributed by atoms with Crippen molar-refractivity contribution in [3.63, 3.8) is 0 Å². The van der Waals surface area contributed by atoms with Gasteiger partial charge in [-0.1, -0.05) is 29.4 Å². The Kier molecular flexibility index (Phi) is 5.54. The number of benzene rings is 2. The minimum atomic E-state index is -0.293. The lowest BCUT2D eigenvalue weighted by atomic mass is 9.89. The van der Waals surface area contributed by atoms with Gasteiger partial charge in [-0.15, -0.1) is 0 Å². The minimum Gasteiger partial charge on any atom is -0.396 e. The molecule has 3 aromatic rings. The van der Waals surface area contributed by atoms with E-state index in [0.29, 0.717) is 11.5 Å². The van der Waals surface area contributed by atoms with Gasteiger partial charge in [-0.05, 0) is 48.9 Å². The molecule has 5 rings (SSSR count). The van der Waals surface area contributed by atoms with Crippen LogP contribution < -0.4 is 0 Å². The summed E-state index contributed by atoms with van der Waals surface area (Å²) in [4.78, 5) is 5.10. The highest BCUT2D eigenvalue weighted by Gasteiger charge is 2.35. The molecule has 3 heterocycles. The molecule has 1 fully saturated rings. The van der Waals surface area contributed by atoms with Gasteiger partial charge in [-0.2, -0.15) is 0 Å². The molecular weight excluding hydrogens is 381 g/mol. The Balaban J connectivity index is 1.35. The van der Waals surface area contributed by atoms with E-state index in [4.69, 9.17) is 4.52 Å². The zero-order chi connectivity index (χ0) is 20.5. The van der Waals surface area contributed by atoms with E-state index >= 15 is 0 Å². The van der Waals surface area contributed by atoms with Crippen LogP contribution in [0.4, 0.5) is 4.39 Å². The smallest absolute Gasteiger partial charge is 0.170 e. The van der Waals surface area contributed by atoms with Crippen LogP contribution in [-0.2, 0) is 6.42 Å². The standard InChI is InChI=1S/C24H28FN3O2/c25-19-6-7-21-22(16-19)30-26-23(21)18-9-13-28(14-10-18)24-20-5-2-1-4-17(20)8-12-27(24)11-3-15-29/h1-2,4-7,16,18,24,29H,3,8-15H2. The Hall–Kier alpha value is -2.28. The first-order valence-corrected chi connectivity index (χ1v) is 11.0. The van der Waals surface area contributed by atoms with Crippen molar-refractivity contribution >= 4 is 11.0 Å². The summed E-state index contributed by atoms with van der Waals surface area (Å²) in [5.41, 5.74) is 4.34. The number of fused-ring (bicyclic) bond motifs is 2. The van der Waals surface area contributed by atoms with Gasteiger partial charge >= 0.3 is 0 Å². The van der Waals surface area contributed by atoms with Crippen molar-refractivity contribution in [2.24, 2.45) is 0 Å². The van der Waals surface area contributed by atoms with Crippen LogP contribution in [0.2, 0.25) is 0 Å². The molecule has 1 N–H and O–H groups in total. The summed E-state index contributed by atoms with van der Waals surface area (Å²) in [5.74, 6) is 0.0386. The molecule has 0 radical (unpaired) electrons. The Morgan fingerprint density at radius 3 is 2.77 bits per heavy atom. The summed E-state index contributed by atoms with van der Waals surface area (Å²) in [6.07, 6.45) is 4.15. The zero-order valence-corrected chi connectivity index (χ0v) is 17.1. The molecule has 2 aliphatic heterocycles. The molecule has 1 unspecified atom stereocenters. The summed E-state index contributed by atoms with van der Waals surface area (Å²) in [5, 5.41) is 14.6. The van der Waals surface area contributed by atoms with Crippen molar-refractivity contribution in [2.45, 2.75) is 37.8 Å². The lowest BCUT2D eigenvalue weighted by Gasteiger charge is -2.46. The highest BCUT2D eigenvalue weighted by atomic mass is 19.1. The van der Waals surface area contributed by atoms with Crippen LogP contribution in [0.5, 0.6) is 0 Å². The second kappa shape index (κ2) is 8.46. The summed E-state index contributed by atoms with van der Waals surface area (Å²) < 4.78 is 18.9. The predicted octanol–water partition coefficient (Wildman–Crippen LogP) is 4.09. The number of aliphatic hydroxyl groups is 1. The molecule has 1 atom stereocenters. The third kappa shape index (κ3) is 3.64. The topological polar surface area (TPSA) is 52.7 Å². The van der Waals surface area contributed by atoms with Crippen LogP contribution in [0.1, 0.15) is 48.2 Å². The number of nitrogens with zero attached hydrogens (tertiary/aromatic N) is 3. The minimum absolute atomic E-state index is 0.229. The van der Waals surface area contributed by atoms with Gasteiger partial charge in [0.15, 0.2) is 5.58 Å². The Labute approximate surface area is 176 Å². The fourth-order valence-corrected chi connectivity index (χ4v) is 5.18. The molecule has 1 saturated heterocycles. The zero-order valence-electron chi connectivity index (χ0n) is 17.1. The van der Waals surface area contributed by atoms with E-state index in [0.717, 1.165) is 62.9 Å². The van der Waals surface area contributed by atoms with Crippen molar-refractivity contribution in [2.75, 3.05) is 32.8 Å². The Morgan fingerprint density at radius 1 is 1.10 bits per heavy atom. The number of aliphatic hydroxyl groups excluding tert-OH is 1. The summed E-state index contributed by atoms with van der Waals surface area (Å²) >= 11 is 0. The molecule has 30 heavy (non-hydrogen) atoms. The molecule has 0 amide bonds. The first-order chi connectivity index (χ1) is 14.7. The number of piperidine rings is 1. The third-order valence-electron chi connectivity index (χ3n) is 6.68. The first kappa shape index (κ1) is 19.7. The second-order valence-electron chi connectivity index (χ2n) is 8.45. The number of hydrogen-bond acceptors (Lipinski definition) is 5. The highest BCUT2D eigenvalue weighted by molar-refractivity contribution is 5.79. The van der Waals surface area contributed by atoms with Gasteiger partial charge < -0.3 is 9.63 Å². The molecule has 2 aromatic carbocycles. The van der Waals surface area contributed by atoms with Gasteiger partial charge in [0, 0.05) is 50.2 Å². The van der Waals surface area contributed by atoms with Gasteiger partial charge in [-0.3, -0.25) is 9.80 Å². The van der Waals surface area contributed by atoms with Crippen molar-refractivity contribution in [3.05, 3.63) is 65.1 Å². The van der Waals surface area contributed by atoms with Crippen LogP contribution in [0, 0.1) is 5.82 Å². The number of rotatable bonds is 5. The van der Waals surface area contributed by atoms with E-state index < -0.39 is 0 Å². The van der Waals surface area contributed by atoms with E-state index in [-0.39, 0.29) is 18.6 Å². The lowest BCUT2D eigenvalue weighted by Crippen LogP contribution is -2.48. The molecule has 158 valence electrons. The average Bonchev–Trinajstić information content (AvgIpc) is 3.20. The average molecular weight is 410 g/mol. The van der Waals surface area contributed by atoms with Crippen LogP contribution in [0.15, 0.2) is 47.0 Å². The normalized spacial score (nSPS) is 21.2. The second-order valence-corrected chi connectivity index (χ2v) is 8.45. The largest absolute Gasteiger partial charge is 0.396 e. The van der Waals surface area contributed by atoms with Crippen molar-refractivity contribution in [1.29, 1.82) is 0 Å². The number of halogens is 1. The van der Waals surface area contributed by atoms with Crippen molar-refractivity contribution in [1.82, 2.24) is 15.0 Å². The van der Waals surface area contributed by atoms with Crippen LogP contribution >= 0.6 is 0 Å². The molecule has 5 nitrogen and oxygen atoms in total. The molecule has 2 aliphatic rings. The molecule has 6 heteroatoms. The Morgan fingerprint density at radius 2 is 1.93 bits per heavy atom. The van der Waals surface area contributed by atoms with Gasteiger partial charge in [0.1, 0.15) is 5.82 Å². The predicted molar refractivity (Wildman–Crippen MR) is 114 cm³/mol. The summed E-state index contributed by atoms with van der Waals surface area (Å²) in [6, 6.07) is 13.5. The van der Waals surface area contributed by atoms with E-state index in [9.17, 15) is 9.50 Å². The molecular formula is C24H28FN3O2. The molecule has 0 saturated carbocycles. The number of likely N-dealkylation sites (tertiary alicyclic amines) is 1. The summed E-state index contributed by atoms with van der Waals surface area (Å²) in [7, 11) is 0. The lowest BCUT2D eigenvalue weighted by molar-refractivity contribution is 0.0127. The van der Waals surface area contributed by atoms with E-state index in [1.807, 2.05) is 0 Å². The van der Waals surface area contributed by atoms with Crippen molar-refractivity contribution < 1.29 is 14.0 Å². The van der Waals surface area contributed by atoms with E-state index in [1.54, 1.807) is 6.07 Å². The van der Waals surface area contributed by atoms with E-state index in [1.165, 1.54) is 23.3 Å². The maximum absolute atomic E-state index is 13.5. The van der Waals surface area contributed by atoms with Crippen LogP contribution in [0.25, 0.3) is 11.0 Å². The quantitative estimate of drug-likeness (QED) is 0.688. The van der Waals surface area contributed by atoms with Gasteiger partial charge in [0.05, 0.1) is 11.9 Å². The molecule has 0 aliphatic carbocycles. The fourth-order valence-electron chi connectivity index (χ4n) is 5.18. The monoisotopic (exact) mass is 409 g/mol. The Bertz CT molecular complexity index is 1010. The molecule has 1 aromatic heterocycles. The fraction of sp³-hybridized carbons (Fsp3) is 0.458. The van der Waals surface area contributed by atoms with Crippen molar-refractivity contribution in [3.8, 4) is 0 Å². The van der Waals surface area contributed by atoms with E-state index in [2.05, 4.69) is 39.2 Å². The van der Waals surface area contributed by atoms with Gasteiger partial charge in [0.25, 0.3) is 0 Å². The first-order valence-electron chi connectivity index (χ1n) is 11.0.